The molecule has 0 spiro atoms. The molecule has 0 heterocycles. The smallest absolute Gasteiger partial charge is 0.0172 e. The van der Waals surface area contributed by atoms with Gasteiger partial charge in [0.05, 0.1) is 0 Å². The Morgan fingerprint density at radius 3 is 2.79 bits per heavy atom. The minimum Gasteiger partial charge on any atom is -0.0819 e. The molecule has 0 heteroatoms. The maximum atomic E-state index is 2.61. The average Bonchev–Trinajstić information content (AvgIpc) is 2.18. The summed E-state index contributed by atoms with van der Waals surface area (Å²) in [7, 11) is 0. The Hall–Kier alpha value is -0.260. The molecule has 14 heavy (non-hydrogen) atoms. The molecule has 0 aromatic heterocycles. The van der Waals surface area contributed by atoms with E-state index in [1.54, 1.807) is 5.57 Å². The van der Waals surface area contributed by atoms with E-state index in [0.29, 0.717) is 0 Å². The van der Waals surface area contributed by atoms with Crippen LogP contribution < -0.4 is 0 Å². The second kappa shape index (κ2) is 4.08. The summed E-state index contributed by atoms with van der Waals surface area (Å²) in [6.45, 7) is 7.16. The Bertz CT molecular complexity index is 226. The van der Waals surface area contributed by atoms with Crippen molar-refractivity contribution in [1.82, 2.24) is 0 Å². The zero-order valence-corrected chi connectivity index (χ0v) is 9.92. The van der Waals surface area contributed by atoms with Gasteiger partial charge in [-0.1, -0.05) is 38.3 Å². The van der Waals surface area contributed by atoms with E-state index in [1.165, 1.54) is 32.1 Å². The van der Waals surface area contributed by atoms with Gasteiger partial charge in [0, 0.05) is 0 Å². The Balaban J connectivity index is 2.17. The number of fused-ring (bicyclic) bond motifs is 1. The van der Waals surface area contributed by atoms with E-state index in [4.69, 9.17) is 0 Å². The van der Waals surface area contributed by atoms with E-state index in [2.05, 4.69) is 26.8 Å². The molecule has 1 fully saturated rings. The van der Waals surface area contributed by atoms with Crippen molar-refractivity contribution in [1.29, 1.82) is 0 Å². The molecule has 0 aliphatic heterocycles. The Kier molecular flexibility index (Phi) is 2.99. The van der Waals surface area contributed by atoms with Crippen LogP contribution in [0.25, 0.3) is 0 Å². The van der Waals surface area contributed by atoms with E-state index in [9.17, 15) is 0 Å². The molecule has 2 rings (SSSR count). The summed E-state index contributed by atoms with van der Waals surface area (Å²) in [4.78, 5) is 0. The van der Waals surface area contributed by atoms with E-state index < -0.39 is 0 Å². The lowest BCUT2D eigenvalue weighted by atomic mass is 9.62. The maximum Gasteiger partial charge on any atom is -0.0172 e. The van der Waals surface area contributed by atoms with Crippen LogP contribution in [-0.2, 0) is 0 Å². The van der Waals surface area contributed by atoms with Crippen LogP contribution in [0.15, 0.2) is 11.6 Å². The fourth-order valence-corrected chi connectivity index (χ4v) is 3.63. The van der Waals surface area contributed by atoms with Crippen molar-refractivity contribution in [2.45, 2.75) is 52.9 Å². The lowest BCUT2D eigenvalue weighted by Gasteiger charge is -2.43. The molecule has 0 aromatic carbocycles. The lowest BCUT2D eigenvalue weighted by Crippen LogP contribution is -2.34. The van der Waals surface area contributed by atoms with Crippen LogP contribution in [0.3, 0.4) is 0 Å². The van der Waals surface area contributed by atoms with Gasteiger partial charge in [0.1, 0.15) is 0 Å². The van der Waals surface area contributed by atoms with Crippen molar-refractivity contribution in [3.05, 3.63) is 11.6 Å². The van der Waals surface area contributed by atoms with Crippen LogP contribution in [0.1, 0.15) is 52.9 Å². The van der Waals surface area contributed by atoms with Crippen LogP contribution in [0, 0.1) is 23.7 Å². The highest BCUT2D eigenvalue weighted by molar-refractivity contribution is 5.10. The van der Waals surface area contributed by atoms with Crippen LogP contribution in [0.5, 0.6) is 0 Å². The Labute approximate surface area is 88.8 Å². The number of rotatable bonds is 1. The molecule has 0 saturated heterocycles. The van der Waals surface area contributed by atoms with E-state index in [-0.39, 0.29) is 0 Å². The maximum absolute atomic E-state index is 2.61. The largest absolute Gasteiger partial charge is 0.0819 e. The monoisotopic (exact) mass is 192 g/mol. The fourth-order valence-electron chi connectivity index (χ4n) is 3.63. The van der Waals surface area contributed by atoms with Gasteiger partial charge >= 0.3 is 0 Å². The zero-order valence-electron chi connectivity index (χ0n) is 9.92. The Morgan fingerprint density at radius 2 is 2.07 bits per heavy atom. The minimum atomic E-state index is 0.928. The molecule has 0 aromatic rings. The van der Waals surface area contributed by atoms with E-state index in [0.717, 1.165) is 23.7 Å². The summed E-state index contributed by atoms with van der Waals surface area (Å²) in [5, 5.41) is 0. The summed E-state index contributed by atoms with van der Waals surface area (Å²) in [6.07, 6.45) is 9.78. The van der Waals surface area contributed by atoms with Crippen LogP contribution in [0.2, 0.25) is 0 Å². The molecule has 2 aliphatic rings. The van der Waals surface area contributed by atoms with E-state index in [1.807, 2.05) is 0 Å². The van der Waals surface area contributed by atoms with Gasteiger partial charge < -0.3 is 0 Å². The lowest BCUT2D eigenvalue weighted by molar-refractivity contribution is 0.114. The number of allylic oxidation sites excluding steroid dienone is 2. The van der Waals surface area contributed by atoms with Crippen molar-refractivity contribution >= 4 is 0 Å². The summed E-state index contributed by atoms with van der Waals surface area (Å²) < 4.78 is 0. The summed E-state index contributed by atoms with van der Waals surface area (Å²) >= 11 is 0. The second-order valence-electron chi connectivity index (χ2n) is 5.52. The van der Waals surface area contributed by atoms with Gasteiger partial charge in [-0.05, 0) is 49.9 Å². The molecule has 4 atom stereocenters. The molecule has 2 aliphatic carbocycles. The van der Waals surface area contributed by atoms with Crippen LogP contribution >= 0.6 is 0 Å². The molecule has 0 radical (unpaired) electrons. The third kappa shape index (κ3) is 1.76. The standard InChI is InChI=1S/C14H24/c1-4-12-7-6-11(3)13-8-5-10(2)9-14(12)13/h9,11-14H,4-8H2,1-3H3/t11-,12-,13+,14-/m1/s1. The molecule has 0 unspecified atom stereocenters. The first-order chi connectivity index (χ1) is 6.72. The highest BCUT2D eigenvalue weighted by Gasteiger charge is 2.36. The van der Waals surface area contributed by atoms with Crippen molar-refractivity contribution in [3.8, 4) is 0 Å². The molecular weight excluding hydrogens is 168 g/mol. The van der Waals surface area contributed by atoms with E-state index >= 15 is 0 Å². The third-order valence-corrected chi connectivity index (χ3v) is 4.64. The topological polar surface area (TPSA) is 0 Å². The van der Waals surface area contributed by atoms with Gasteiger partial charge in [-0.15, -0.1) is 0 Å². The average molecular weight is 192 g/mol. The predicted octanol–water partition coefficient (Wildman–Crippen LogP) is 4.42. The van der Waals surface area contributed by atoms with Crippen molar-refractivity contribution in [2.24, 2.45) is 23.7 Å². The number of hydrogen-bond donors (Lipinski definition) is 0. The highest BCUT2D eigenvalue weighted by Crippen LogP contribution is 2.46. The van der Waals surface area contributed by atoms with Crippen molar-refractivity contribution < 1.29 is 0 Å². The quantitative estimate of drug-likeness (QED) is 0.540. The molecule has 0 amide bonds. The fraction of sp³-hybridized carbons (Fsp3) is 0.857. The minimum absolute atomic E-state index is 0.928. The second-order valence-corrected chi connectivity index (χ2v) is 5.52. The van der Waals surface area contributed by atoms with Gasteiger partial charge in [-0.2, -0.15) is 0 Å². The summed E-state index contributed by atoms with van der Waals surface area (Å²) in [5.41, 5.74) is 1.65. The predicted molar refractivity (Wildman–Crippen MR) is 62.2 cm³/mol. The summed E-state index contributed by atoms with van der Waals surface area (Å²) in [5.74, 6) is 3.91. The molecular formula is C14H24. The third-order valence-electron chi connectivity index (χ3n) is 4.64. The van der Waals surface area contributed by atoms with Crippen LogP contribution in [0.4, 0.5) is 0 Å². The SMILES string of the molecule is CC[C@@H]1CC[C@@H](C)[C@@H]2CCC(C)=C[C@H]12. The van der Waals surface area contributed by atoms with Gasteiger partial charge in [0.25, 0.3) is 0 Å². The Morgan fingerprint density at radius 1 is 1.29 bits per heavy atom. The van der Waals surface area contributed by atoms with Gasteiger partial charge in [0.2, 0.25) is 0 Å². The highest BCUT2D eigenvalue weighted by atomic mass is 14.4. The first-order valence-corrected chi connectivity index (χ1v) is 6.39. The first-order valence-electron chi connectivity index (χ1n) is 6.39. The summed E-state index contributed by atoms with van der Waals surface area (Å²) in [6, 6.07) is 0. The zero-order chi connectivity index (χ0) is 10.1. The molecule has 80 valence electrons. The molecule has 0 bridgehead atoms. The first kappa shape index (κ1) is 10.3. The molecule has 0 nitrogen and oxygen atoms in total. The molecule has 0 N–H and O–H groups in total. The van der Waals surface area contributed by atoms with Gasteiger partial charge in [-0.25, -0.2) is 0 Å². The number of hydrogen-bond acceptors (Lipinski definition) is 0. The molecule has 1 saturated carbocycles. The van der Waals surface area contributed by atoms with Crippen molar-refractivity contribution in [2.75, 3.05) is 0 Å². The van der Waals surface area contributed by atoms with Crippen LogP contribution in [-0.4, -0.2) is 0 Å². The van der Waals surface area contributed by atoms with Gasteiger partial charge in [-0.3, -0.25) is 0 Å². The normalized spacial score (nSPS) is 42.9. The van der Waals surface area contributed by atoms with Gasteiger partial charge in [0.15, 0.2) is 0 Å². The van der Waals surface area contributed by atoms with Crippen molar-refractivity contribution in [3.63, 3.8) is 0 Å².